The van der Waals surface area contributed by atoms with Crippen LogP contribution in [0, 0.1) is 0 Å². The minimum absolute atomic E-state index is 0.0354. The summed E-state index contributed by atoms with van der Waals surface area (Å²) in [6.45, 7) is 0.0354. The second-order valence-corrected chi connectivity index (χ2v) is 3.87. The fourth-order valence-corrected chi connectivity index (χ4v) is 1.33. The zero-order chi connectivity index (χ0) is 10.6. The van der Waals surface area contributed by atoms with E-state index >= 15 is 0 Å². The highest BCUT2D eigenvalue weighted by Gasteiger charge is 2.03. The molecule has 1 N–H and O–H groups in total. The third kappa shape index (κ3) is 3.29. The molecule has 0 aliphatic rings. The van der Waals surface area contributed by atoms with Gasteiger partial charge in [0.1, 0.15) is 6.61 Å². The fourth-order valence-electron chi connectivity index (χ4n) is 0.902. The molecule has 76 valence electrons. The second-order valence-electron chi connectivity index (χ2n) is 2.61. The number of ether oxygens (including phenoxy) is 1. The molecule has 0 radical (unpaired) electrons. The lowest BCUT2D eigenvalue weighted by molar-refractivity contribution is -0.119. The van der Waals surface area contributed by atoms with Gasteiger partial charge in [-0.25, -0.2) is 0 Å². The summed E-state index contributed by atoms with van der Waals surface area (Å²) in [6.07, 6.45) is 0. The molecule has 14 heavy (non-hydrogen) atoms. The number of anilines is 1. The van der Waals surface area contributed by atoms with E-state index in [4.69, 9.17) is 11.6 Å². The van der Waals surface area contributed by atoms with E-state index in [1.807, 2.05) is 0 Å². The number of hydrogen-bond donors (Lipinski definition) is 1. The first-order chi connectivity index (χ1) is 6.63. The summed E-state index contributed by atoms with van der Waals surface area (Å²) < 4.78 is 5.47. The van der Waals surface area contributed by atoms with Crippen LogP contribution in [0.2, 0.25) is 5.02 Å². The second kappa shape index (κ2) is 5.34. The van der Waals surface area contributed by atoms with Gasteiger partial charge in [-0.1, -0.05) is 11.6 Å². The molecule has 3 nitrogen and oxygen atoms in total. The summed E-state index contributed by atoms with van der Waals surface area (Å²) in [4.78, 5) is 11.1. The summed E-state index contributed by atoms with van der Waals surface area (Å²) >= 11 is 9.10. The minimum atomic E-state index is -0.203. The van der Waals surface area contributed by atoms with E-state index in [2.05, 4.69) is 26.0 Å². The van der Waals surface area contributed by atoms with Gasteiger partial charge in [-0.15, -0.1) is 0 Å². The number of rotatable bonds is 3. The van der Waals surface area contributed by atoms with Crippen LogP contribution in [0.15, 0.2) is 22.7 Å². The SMILES string of the molecule is COCC(=O)Nc1ccc(Br)c(Cl)c1. The third-order valence-electron chi connectivity index (χ3n) is 1.48. The van der Waals surface area contributed by atoms with Crippen molar-refractivity contribution in [2.75, 3.05) is 19.0 Å². The summed E-state index contributed by atoms with van der Waals surface area (Å²) in [5, 5.41) is 3.20. The van der Waals surface area contributed by atoms with Crippen molar-refractivity contribution < 1.29 is 9.53 Å². The summed E-state index contributed by atoms with van der Waals surface area (Å²) in [7, 11) is 1.47. The zero-order valence-corrected chi connectivity index (χ0v) is 9.85. The molecule has 0 atom stereocenters. The van der Waals surface area contributed by atoms with Crippen molar-refractivity contribution in [3.05, 3.63) is 27.7 Å². The zero-order valence-electron chi connectivity index (χ0n) is 7.51. The maximum absolute atomic E-state index is 11.1. The maximum Gasteiger partial charge on any atom is 0.250 e. The number of methoxy groups -OCH3 is 1. The van der Waals surface area contributed by atoms with Crippen molar-refractivity contribution in [2.45, 2.75) is 0 Å². The monoisotopic (exact) mass is 277 g/mol. The summed E-state index contributed by atoms with van der Waals surface area (Å²) in [6, 6.07) is 5.19. The van der Waals surface area contributed by atoms with Gasteiger partial charge >= 0.3 is 0 Å². The van der Waals surface area contributed by atoms with Crippen molar-refractivity contribution in [2.24, 2.45) is 0 Å². The quantitative estimate of drug-likeness (QED) is 0.923. The first kappa shape index (κ1) is 11.5. The van der Waals surface area contributed by atoms with Gasteiger partial charge in [0, 0.05) is 17.3 Å². The topological polar surface area (TPSA) is 38.3 Å². The molecule has 1 aromatic rings. The Morgan fingerprint density at radius 2 is 2.36 bits per heavy atom. The van der Waals surface area contributed by atoms with Gasteiger partial charge in [0.05, 0.1) is 5.02 Å². The molecular weight excluding hydrogens is 269 g/mol. The van der Waals surface area contributed by atoms with Crippen LogP contribution < -0.4 is 5.32 Å². The van der Waals surface area contributed by atoms with Crippen molar-refractivity contribution in [3.63, 3.8) is 0 Å². The van der Waals surface area contributed by atoms with Gasteiger partial charge in [-0.3, -0.25) is 4.79 Å². The Balaban J connectivity index is 2.68. The molecule has 0 saturated carbocycles. The number of hydrogen-bond acceptors (Lipinski definition) is 2. The van der Waals surface area contributed by atoms with E-state index in [9.17, 15) is 4.79 Å². The molecule has 0 saturated heterocycles. The maximum atomic E-state index is 11.1. The molecule has 0 unspecified atom stereocenters. The molecule has 0 bridgehead atoms. The van der Waals surface area contributed by atoms with E-state index in [0.717, 1.165) is 4.47 Å². The van der Waals surface area contributed by atoms with Crippen LogP contribution in [-0.2, 0) is 9.53 Å². The van der Waals surface area contributed by atoms with Gasteiger partial charge in [-0.2, -0.15) is 0 Å². The largest absolute Gasteiger partial charge is 0.375 e. The third-order valence-corrected chi connectivity index (χ3v) is 2.71. The van der Waals surface area contributed by atoms with Gasteiger partial charge in [0.2, 0.25) is 5.91 Å². The van der Waals surface area contributed by atoms with Gasteiger partial charge < -0.3 is 10.1 Å². The highest BCUT2D eigenvalue weighted by Crippen LogP contribution is 2.25. The van der Waals surface area contributed by atoms with Gasteiger partial charge in [0.25, 0.3) is 0 Å². The molecule has 0 aliphatic carbocycles. The van der Waals surface area contributed by atoms with Crippen LogP contribution in [0.5, 0.6) is 0 Å². The Morgan fingerprint density at radius 1 is 1.64 bits per heavy atom. The molecule has 0 fully saturated rings. The lowest BCUT2D eigenvalue weighted by Gasteiger charge is -2.05. The highest BCUT2D eigenvalue weighted by molar-refractivity contribution is 9.10. The smallest absolute Gasteiger partial charge is 0.250 e. The van der Waals surface area contributed by atoms with Crippen LogP contribution >= 0.6 is 27.5 Å². The molecule has 1 amide bonds. The number of nitrogens with one attached hydrogen (secondary N) is 1. The summed E-state index contributed by atoms with van der Waals surface area (Å²) in [5.74, 6) is -0.203. The number of carbonyl (C=O) groups is 1. The van der Waals surface area contributed by atoms with Crippen molar-refractivity contribution in [3.8, 4) is 0 Å². The molecule has 0 aromatic heterocycles. The molecule has 0 spiro atoms. The van der Waals surface area contributed by atoms with Crippen molar-refractivity contribution >= 4 is 39.1 Å². The Bertz CT molecular complexity index is 344. The molecule has 0 heterocycles. The minimum Gasteiger partial charge on any atom is -0.375 e. The van der Waals surface area contributed by atoms with E-state index in [1.165, 1.54) is 7.11 Å². The van der Waals surface area contributed by atoms with Crippen LogP contribution in [0.25, 0.3) is 0 Å². The molecular formula is C9H9BrClNO2. The van der Waals surface area contributed by atoms with E-state index in [0.29, 0.717) is 10.7 Å². The van der Waals surface area contributed by atoms with Gasteiger partial charge in [0.15, 0.2) is 0 Å². The van der Waals surface area contributed by atoms with E-state index < -0.39 is 0 Å². The number of amides is 1. The van der Waals surface area contributed by atoms with E-state index in [1.54, 1.807) is 18.2 Å². The van der Waals surface area contributed by atoms with Crippen LogP contribution in [0.1, 0.15) is 0 Å². The molecule has 1 aromatic carbocycles. The number of carbonyl (C=O) groups excluding carboxylic acids is 1. The Hall–Kier alpha value is -0.580. The molecule has 1 rings (SSSR count). The normalized spacial score (nSPS) is 9.93. The predicted molar refractivity (Wildman–Crippen MR) is 59.7 cm³/mol. The average molecular weight is 279 g/mol. The summed E-state index contributed by atoms with van der Waals surface area (Å²) in [5.41, 5.74) is 0.653. The van der Waals surface area contributed by atoms with Crippen LogP contribution in [0.4, 0.5) is 5.69 Å². The van der Waals surface area contributed by atoms with E-state index in [-0.39, 0.29) is 12.5 Å². The van der Waals surface area contributed by atoms with Gasteiger partial charge in [-0.05, 0) is 34.1 Å². The van der Waals surface area contributed by atoms with Crippen LogP contribution in [0.3, 0.4) is 0 Å². The van der Waals surface area contributed by atoms with Crippen LogP contribution in [-0.4, -0.2) is 19.6 Å². The lowest BCUT2D eigenvalue weighted by Crippen LogP contribution is -2.16. The lowest BCUT2D eigenvalue weighted by atomic mass is 10.3. The highest BCUT2D eigenvalue weighted by atomic mass is 79.9. The Labute approximate surface area is 95.5 Å². The molecule has 0 aliphatic heterocycles. The number of halogens is 2. The molecule has 5 heteroatoms. The first-order valence-corrected chi connectivity index (χ1v) is 5.04. The average Bonchev–Trinajstić information content (AvgIpc) is 2.12. The predicted octanol–water partition coefficient (Wildman–Crippen LogP) is 2.69. The number of benzene rings is 1. The van der Waals surface area contributed by atoms with Crippen molar-refractivity contribution in [1.29, 1.82) is 0 Å². The Kier molecular flexibility index (Phi) is 4.38. The standard InChI is InChI=1S/C9H9BrClNO2/c1-14-5-9(13)12-6-2-3-7(10)8(11)4-6/h2-4H,5H2,1H3,(H,12,13). The Morgan fingerprint density at radius 3 is 2.93 bits per heavy atom. The van der Waals surface area contributed by atoms with Crippen molar-refractivity contribution in [1.82, 2.24) is 0 Å². The fraction of sp³-hybridized carbons (Fsp3) is 0.222. The first-order valence-electron chi connectivity index (χ1n) is 3.87.